The molecule has 0 atom stereocenters. The highest BCUT2D eigenvalue weighted by Gasteiger charge is 2.32. The van der Waals surface area contributed by atoms with Crippen molar-refractivity contribution in [3.8, 4) is 0 Å². The van der Waals surface area contributed by atoms with Gasteiger partial charge in [-0.25, -0.2) is 4.79 Å². The minimum Gasteiger partial charge on any atom is -0.478 e. The molecule has 1 aromatic rings. The third kappa shape index (κ3) is 3.82. The van der Waals surface area contributed by atoms with Crippen molar-refractivity contribution < 1.29 is 19.4 Å². The molecule has 0 saturated carbocycles. The SMILES string of the molecule is CCC1(NC(=O)Cc2ccccc2C(=O)O)CCOCC1. The third-order valence-electron chi connectivity index (χ3n) is 4.13. The van der Waals surface area contributed by atoms with E-state index in [-0.39, 0.29) is 23.4 Å². The third-order valence-corrected chi connectivity index (χ3v) is 4.13. The van der Waals surface area contributed by atoms with Crippen molar-refractivity contribution in [1.82, 2.24) is 5.32 Å². The van der Waals surface area contributed by atoms with Gasteiger partial charge >= 0.3 is 5.97 Å². The highest BCUT2D eigenvalue weighted by molar-refractivity contribution is 5.91. The van der Waals surface area contributed by atoms with Crippen LogP contribution in [-0.4, -0.2) is 35.7 Å². The lowest BCUT2D eigenvalue weighted by Gasteiger charge is -2.37. The van der Waals surface area contributed by atoms with Crippen molar-refractivity contribution in [1.29, 1.82) is 0 Å². The van der Waals surface area contributed by atoms with Gasteiger partial charge in [-0.15, -0.1) is 0 Å². The van der Waals surface area contributed by atoms with Gasteiger partial charge in [0.15, 0.2) is 0 Å². The van der Waals surface area contributed by atoms with Gasteiger partial charge < -0.3 is 15.2 Å². The van der Waals surface area contributed by atoms with Crippen molar-refractivity contribution in [2.75, 3.05) is 13.2 Å². The maximum Gasteiger partial charge on any atom is 0.335 e. The number of amides is 1. The molecule has 1 aliphatic heterocycles. The summed E-state index contributed by atoms with van der Waals surface area (Å²) in [7, 11) is 0. The van der Waals surface area contributed by atoms with Gasteiger partial charge in [-0.1, -0.05) is 25.1 Å². The predicted molar refractivity (Wildman–Crippen MR) is 78.3 cm³/mol. The van der Waals surface area contributed by atoms with Crippen molar-refractivity contribution in [2.24, 2.45) is 0 Å². The molecule has 2 rings (SSSR count). The number of nitrogens with one attached hydrogen (secondary N) is 1. The first kappa shape index (κ1) is 15.5. The van der Waals surface area contributed by atoms with E-state index in [1.54, 1.807) is 18.2 Å². The van der Waals surface area contributed by atoms with E-state index < -0.39 is 5.97 Å². The molecular weight excluding hydrogens is 270 g/mol. The molecule has 1 saturated heterocycles. The number of ether oxygens (including phenoxy) is 1. The number of carbonyl (C=O) groups excluding carboxylic acids is 1. The fourth-order valence-electron chi connectivity index (χ4n) is 2.73. The smallest absolute Gasteiger partial charge is 0.335 e. The summed E-state index contributed by atoms with van der Waals surface area (Å²) in [6.45, 7) is 3.36. The van der Waals surface area contributed by atoms with E-state index in [0.717, 1.165) is 19.3 Å². The molecular formula is C16H21NO4. The van der Waals surface area contributed by atoms with Crippen LogP contribution < -0.4 is 5.32 Å². The molecule has 0 radical (unpaired) electrons. The van der Waals surface area contributed by atoms with Crippen LogP contribution in [-0.2, 0) is 16.0 Å². The second-order valence-electron chi connectivity index (χ2n) is 5.43. The summed E-state index contributed by atoms with van der Waals surface area (Å²) in [5, 5.41) is 12.2. The minimum atomic E-state index is -1.00. The monoisotopic (exact) mass is 291 g/mol. The maximum absolute atomic E-state index is 12.3. The Morgan fingerprint density at radius 3 is 2.57 bits per heavy atom. The van der Waals surface area contributed by atoms with E-state index >= 15 is 0 Å². The zero-order valence-corrected chi connectivity index (χ0v) is 12.2. The molecule has 5 heteroatoms. The zero-order chi connectivity index (χ0) is 15.3. The van der Waals surface area contributed by atoms with Crippen molar-refractivity contribution in [3.05, 3.63) is 35.4 Å². The zero-order valence-electron chi connectivity index (χ0n) is 12.2. The van der Waals surface area contributed by atoms with Crippen LogP contribution in [0.25, 0.3) is 0 Å². The molecule has 1 fully saturated rings. The Kier molecular flexibility index (Phi) is 4.96. The highest BCUT2D eigenvalue weighted by Crippen LogP contribution is 2.24. The summed E-state index contributed by atoms with van der Waals surface area (Å²) in [5.74, 6) is -1.14. The molecule has 5 nitrogen and oxygen atoms in total. The topological polar surface area (TPSA) is 75.6 Å². The number of hydrogen-bond donors (Lipinski definition) is 2. The fourth-order valence-corrected chi connectivity index (χ4v) is 2.73. The van der Waals surface area contributed by atoms with E-state index in [2.05, 4.69) is 12.2 Å². The van der Waals surface area contributed by atoms with Crippen LogP contribution in [0.3, 0.4) is 0 Å². The molecule has 1 aromatic carbocycles. The van der Waals surface area contributed by atoms with Crippen molar-refractivity contribution >= 4 is 11.9 Å². The summed E-state index contributed by atoms with van der Waals surface area (Å²) >= 11 is 0. The Balaban J connectivity index is 2.06. The number of aromatic carboxylic acids is 1. The number of carboxylic acid groups (broad SMARTS) is 1. The van der Waals surface area contributed by atoms with Crippen LogP contribution in [0.5, 0.6) is 0 Å². The van der Waals surface area contributed by atoms with Crippen LogP contribution in [0.4, 0.5) is 0 Å². The van der Waals surface area contributed by atoms with Gasteiger partial charge in [-0.2, -0.15) is 0 Å². The van der Waals surface area contributed by atoms with Gasteiger partial charge in [0.25, 0.3) is 0 Å². The second-order valence-corrected chi connectivity index (χ2v) is 5.43. The Morgan fingerprint density at radius 1 is 1.29 bits per heavy atom. The molecule has 1 amide bonds. The molecule has 0 aliphatic carbocycles. The maximum atomic E-state index is 12.3. The van der Waals surface area contributed by atoms with E-state index in [9.17, 15) is 9.59 Å². The number of hydrogen-bond acceptors (Lipinski definition) is 3. The van der Waals surface area contributed by atoms with Crippen LogP contribution in [0.15, 0.2) is 24.3 Å². The van der Waals surface area contributed by atoms with Crippen molar-refractivity contribution in [3.63, 3.8) is 0 Å². The largest absolute Gasteiger partial charge is 0.478 e. The van der Waals surface area contributed by atoms with Crippen LogP contribution >= 0.6 is 0 Å². The van der Waals surface area contributed by atoms with Gasteiger partial charge in [0.05, 0.1) is 12.0 Å². The van der Waals surface area contributed by atoms with Gasteiger partial charge in [0, 0.05) is 18.8 Å². The fraction of sp³-hybridized carbons (Fsp3) is 0.500. The van der Waals surface area contributed by atoms with Crippen LogP contribution in [0.2, 0.25) is 0 Å². The number of carboxylic acids is 1. The van der Waals surface area contributed by atoms with Crippen molar-refractivity contribution in [2.45, 2.75) is 38.1 Å². The number of carbonyl (C=O) groups is 2. The van der Waals surface area contributed by atoms with Gasteiger partial charge in [-0.05, 0) is 30.9 Å². The normalized spacial score (nSPS) is 17.2. The quantitative estimate of drug-likeness (QED) is 0.870. The Bertz CT molecular complexity index is 521. The summed E-state index contributed by atoms with van der Waals surface area (Å²) in [5.41, 5.74) is 0.513. The molecule has 2 N–H and O–H groups in total. The Morgan fingerprint density at radius 2 is 1.95 bits per heavy atom. The summed E-state index contributed by atoms with van der Waals surface area (Å²) in [4.78, 5) is 23.4. The lowest BCUT2D eigenvalue weighted by molar-refractivity contribution is -0.123. The van der Waals surface area contributed by atoms with E-state index in [1.807, 2.05) is 0 Å². The summed E-state index contributed by atoms with van der Waals surface area (Å²) in [6.07, 6.45) is 2.54. The molecule has 0 aromatic heterocycles. The second kappa shape index (κ2) is 6.72. The Hall–Kier alpha value is -1.88. The average Bonchev–Trinajstić information content (AvgIpc) is 2.48. The molecule has 114 valence electrons. The number of benzene rings is 1. The lowest BCUT2D eigenvalue weighted by Crippen LogP contribution is -2.52. The average molecular weight is 291 g/mol. The molecule has 21 heavy (non-hydrogen) atoms. The minimum absolute atomic E-state index is 0.0884. The molecule has 1 aliphatic rings. The van der Waals surface area contributed by atoms with E-state index in [0.29, 0.717) is 18.8 Å². The molecule has 0 spiro atoms. The molecule has 1 heterocycles. The van der Waals surface area contributed by atoms with Gasteiger partial charge in [-0.3, -0.25) is 4.79 Å². The molecule has 0 bridgehead atoms. The first-order chi connectivity index (χ1) is 10.1. The highest BCUT2D eigenvalue weighted by atomic mass is 16.5. The Labute approximate surface area is 124 Å². The van der Waals surface area contributed by atoms with Gasteiger partial charge in [0.1, 0.15) is 0 Å². The number of rotatable bonds is 5. The summed E-state index contributed by atoms with van der Waals surface area (Å²) < 4.78 is 5.35. The van der Waals surface area contributed by atoms with Crippen LogP contribution in [0.1, 0.15) is 42.1 Å². The summed E-state index contributed by atoms with van der Waals surface area (Å²) in [6, 6.07) is 6.62. The van der Waals surface area contributed by atoms with Crippen LogP contribution in [0, 0.1) is 0 Å². The van der Waals surface area contributed by atoms with E-state index in [1.165, 1.54) is 6.07 Å². The first-order valence-corrected chi connectivity index (χ1v) is 7.26. The lowest BCUT2D eigenvalue weighted by atomic mass is 9.87. The van der Waals surface area contributed by atoms with Gasteiger partial charge in [0.2, 0.25) is 5.91 Å². The predicted octanol–water partition coefficient (Wildman–Crippen LogP) is 2.00. The van der Waals surface area contributed by atoms with E-state index in [4.69, 9.17) is 9.84 Å². The molecule has 0 unspecified atom stereocenters. The first-order valence-electron chi connectivity index (χ1n) is 7.26. The standard InChI is InChI=1S/C16H21NO4/c1-2-16(7-9-21-10-8-16)17-14(18)11-12-5-3-4-6-13(12)15(19)20/h3-6H,2,7-11H2,1H3,(H,17,18)(H,19,20).